The monoisotopic (exact) mass is 493 g/mol. The van der Waals surface area contributed by atoms with Crippen LogP contribution in [0.2, 0.25) is 0 Å². The first kappa shape index (κ1) is 26.5. The standard InChI is InChI=1S/C25H30F3N3O4/c1-14(2)22(34-5)12-35-21-9-17-19(10-20(21)33-4)30-15(3)31-24(17)29-11-16-7-6-8-18(23(16)26)25(27,28)13-32/h6-10,14,22,32H,11-13H2,1-5H3,(H,29,30,31). The maximum atomic E-state index is 14.8. The van der Waals surface area contributed by atoms with Crippen LogP contribution in [0.4, 0.5) is 19.0 Å². The molecule has 1 unspecified atom stereocenters. The molecule has 190 valence electrons. The Bertz CT molecular complexity index is 1170. The third-order valence-electron chi connectivity index (χ3n) is 5.66. The van der Waals surface area contributed by atoms with E-state index in [0.717, 1.165) is 6.07 Å². The fourth-order valence-corrected chi connectivity index (χ4v) is 3.63. The van der Waals surface area contributed by atoms with Crippen LogP contribution < -0.4 is 14.8 Å². The molecule has 1 atom stereocenters. The Morgan fingerprint density at radius 1 is 1.11 bits per heavy atom. The van der Waals surface area contributed by atoms with Crippen molar-refractivity contribution in [3.05, 3.63) is 53.1 Å². The van der Waals surface area contributed by atoms with Gasteiger partial charge in [-0.15, -0.1) is 0 Å². The quantitative estimate of drug-likeness (QED) is 0.396. The summed E-state index contributed by atoms with van der Waals surface area (Å²) in [4.78, 5) is 8.86. The number of nitrogens with zero attached hydrogens (tertiary/aromatic N) is 2. The number of methoxy groups -OCH3 is 2. The molecule has 1 aromatic heterocycles. The zero-order chi connectivity index (χ0) is 25.8. The van der Waals surface area contributed by atoms with E-state index in [-0.39, 0.29) is 24.1 Å². The zero-order valence-electron chi connectivity index (χ0n) is 20.4. The molecule has 3 rings (SSSR count). The van der Waals surface area contributed by atoms with Gasteiger partial charge in [0.25, 0.3) is 5.92 Å². The number of alkyl halides is 2. The van der Waals surface area contributed by atoms with E-state index in [9.17, 15) is 13.2 Å². The number of aliphatic hydroxyl groups is 1. The second-order valence-corrected chi connectivity index (χ2v) is 8.46. The van der Waals surface area contributed by atoms with Crippen molar-refractivity contribution in [1.82, 2.24) is 9.97 Å². The molecule has 3 aromatic rings. The van der Waals surface area contributed by atoms with Crippen LogP contribution in [0.25, 0.3) is 10.9 Å². The highest BCUT2D eigenvalue weighted by Crippen LogP contribution is 2.35. The van der Waals surface area contributed by atoms with E-state index in [4.69, 9.17) is 19.3 Å². The minimum Gasteiger partial charge on any atom is -0.493 e. The number of aromatic nitrogens is 2. The van der Waals surface area contributed by atoms with Crippen molar-refractivity contribution in [2.45, 2.75) is 39.3 Å². The molecular weight excluding hydrogens is 463 g/mol. The summed E-state index contributed by atoms with van der Waals surface area (Å²) in [6.45, 7) is 4.45. The molecule has 10 heteroatoms. The highest BCUT2D eigenvalue weighted by molar-refractivity contribution is 5.91. The van der Waals surface area contributed by atoms with Gasteiger partial charge in [0.1, 0.15) is 30.7 Å². The molecule has 0 aliphatic rings. The maximum absolute atomic E-state index is 14.8. The number of aryl methyl sites for hydroxylation is 1. The molecule has 0 aliphatic heterocycles. The van der Waals surface area contributed by atoms with Crippen LogP contribution in [-0.2, 0) is 17.2 Å². The number of nitrogens with one attached hydrogen (secondary N) is 1. The third-order valence-corrected chi connectivity index (χ3v) is 5.66. The normalized spacial score (nSPS) is 12.7. The van der Waals surface area contributed by atoms with Gasteiger partial charge in [0, 0.05) is 30.7 Å². The molecule has 0 bridgehead atoms. The summed E-state index contributed by atoms with van der Waals surface area (Å²) in [6.07, 6.45) is -0.130. The van der Waals surface area contributed by atoms with Crippen LogP contribution in [0.1, 0.15) is 30.8 Å². The van der Waals surface area contributed by atoms with E-state index in [0.29, 0.717) is 40.7 Å². The number of rotatable bonds is 11. The predicted octanol–water partition coefficient (Wildman–Crippen LogP) is 4.83. The summed E-state index contributed by atoms with van der Waals surface area (Å²) in [5.74, 6) is -2.77. The van der Waals surface area contributed by atoms with E-state index in [1.807, 2.05) is 13.8 Å². The molecule has 1 heterocycles. The van der Waals surface area contributed by atoms with E-state index < -0.39 is 23.9 Å². The van der Waals surface area contributed by atoms with Crippen LogP contribution in [0.5, 0.6) is 11.5 Å². The largest absolute Gasteiger partial charge is 0.493 e. The molecule has 2 N–H and O–H groups in total. The lowest BCUT2D eigenvalue weighted by atomic mass is 10.0. The molecule has 0 aliphatic carbocycles. The number of aliphatic hydroxyl groups excluding tert-OH is 1. The van der Waals surface area contributed by atoms with E-state index in [1.54, 1.807) is 26.2 Å². The van der Waals surface area contributed by atoms with Gasteiger partial charge in [-0.1, -0.05) is 26.0 Å². The fraction of sp³-hybridized carbons (Fsp3) is 0.440. The van der Waals surface area contributed by atoms with Crippen LogP contribution in [0.15, 0.2) is 30.3 Å². The number of benzene rings is 2. The van der Waals surface area contributed by atoms with Gasteiger partial charge >= 0.3 is 0 Å². The number of fused-ring (bicyclic) bond motifs is 1. The second kappa shape index (κ2) is 11.1. The molecule has 0 fully saturated rings. The summed E-state index contributed by atoms with van der Waals surface area (Å²) in [5.41, 5.74) is -0.288. The van der Waals surface area contributed by atoms with Crippen molar-refractivity contribution in [3.8, 4) is 11.5 Å². The average molecular weight is 494 g/mol. The predicted molar refractivity (Wildman–Crippen MR) is 127 cm³/mol. The average Bonchev–Trinajstić information content (AvgIpc) is 2.82. The molecule has 0 amide bonds. The molecule has 0 radical (unpaired) electrons. The Labute approximate surface area is 202 Å². The van der Waals surface area contributed by atoms with Gasteiger partial charge in [-0.3, -0.25) is 0 Å². The number of hydrogen-bond donors (Lipinski definition) is 2. The first-order chi connectivity index (χ1) is 16.6. The SMILES string of the molecule is COc1cc2nc(C)nc(NCc3cccc(C(F)(F)CO)c3F)c2cc1OCC(OC)C(C)C. The van der Waals surface area contributed by atoms with Crippen molar-refractivity contribution in [2.75, 3.05) is 32.8 Å². The summed E-state index contributed by atoms with van der Waals surface area (Å²) in [7, 11) is 3.14. The summed E-state index contributed by atoms with van der Waals surface area (Å²) < 4.78 is 59.5. The van der Waals surface area contributed by atoms with Gasteiger partial charge < -0.3 is 24.6 Å². The Morgan fingerprint density at radius 2 is 1.86 bits per heavy atom. The lowest BCUT2D eigenvalue weighted by molar-refractivity contribution is -0.0583. The summed E-state index contributed by atoms with van der Waals surface area (Å²) in [6, 6.07) is 7.10. The van der Waals surface area contributed by atoms with Gasteiger partial charge in [0.15, 0.2) is 11.5 Å². The minimum absolute atomic E-state index is 0.00453. The Hall–Kier alpha value is -3.11. The van der Waals surface area contributed by atoms with Crippen molar-refractivity contribution in [3.63, 3.8) is 0 Å². The Kier molecular flexibility index (Phi) is 8.39. The maximum Gasteiger partial charge on any atom is 0.298 e. The Morgan fingerprint density at radius 3 is 2.49 bits per heavy atom. The van der Waals surface area contributed by atoms with E-state index in [2.05, 4.69) is 15.3 Å². The summed E-state index contributed by atoms with van der Waals surface area (Å²) >= 11 is 0. The van der Waals surface area contributed by atoms with Crippen LogP contribution in [0, 0.1) is 18.7 Å². The van der Waals surface area contributed by atoms with Crippen molar-refractivity contribution in [1.29, 1.82) is 0 Å². The van der Waals surface area contributed by atoms with Crippen molar-refractivity contribution >= 4 is 16.7 Å². The molecular formula is C25H30F3N3O4. The third kappa shape index (κ3) is 5.94. The molecule has 2 aromatic carbocycles. The van der Waals surface area contributed by atoms with Gasteiger partial charge in [-0.2, -0.15) is 8.78 Å². The highest BCUT2D eigenvalue weighted by Gasteiger charge is 2.34. The molecule has 7 nitrogen and oxygen atoms in total. The fourth-order valence-electron chi connectivity index (χ4n) is 3.63. The molecule has 35 heavy (non-hydrogen) atoms. The van der Waals surface area contributed by atoms with Crippen LogP contribution in [-0.4, -0.2) is 48.6 Å². The van der Waals surface area contributed by atoms with Gasteiger partial charge in [0.05, 0.1) is 24.3 Å². The first-order valence-electron chi connectivity index (χ1n) is 11.1. The first-order valence-corrected chi connectivity index (χ1v) is 11.1. The van der Waals surface area contributed by atoms with Crippen molar-refractivity contribution in [2.24, 2.45) is 5.92 Å². The number of halogens is 3. The van der Waals surface area contributed by atoms with Crippen LogP contribution in [0.3, 0.4) is 0 Å². The Balaban J connectivity index is 1.95. The number of hydrogen-bond acceptors (Lipinski definition) is 7. The smallest absolute Gasteiger partial charge is 0.298 e. The lowest BCUT2D eigenvalue weighted by Crippen LogP contribution is -2.26. The van der Waals surface area contributed by atoms with Gasteiger partial charge in [-0.05, 0) is 25.0 Å². The number of anilines is 1. The number of ether oxygens (including phenoxy) is 3. The molecule has 0 saturated carbocycles. The van der Waals surface area contributed by atoms with Crippen molar-refractivity contribution < 1.29 is 32.5 Å². The lowest BCUT2D eigenvalue weighted by Gasteiger charge is -2.21. The summed E-state index contributed by atoms with van der Waals surface area (Å²) in [5, 5.41) is 12.5. The van der Waals surface area contributed by atoms with Gasteiger partial charge in [0.2, 0.25) is 0 Å². The van der Waals surface area contributed by atoms with Gasteiger partial charge in [-0.25, -0.2) is 14.4 Å². The van der Waals surface area contributed by atoms with E-state index >= 15 is 0 Å². The molecule has 0 saturated heterocycles. The topological polar surface area (TPSA) is 85.7 Å². The zero-order valence-corrected chi connectivity index (χ0v) is 20.4. The van der Waals surface area contributed by atoms with E-state index in [1.165, 1.54) is 19.2 Å². The second-order valence-electron chi connectivity index (χ2n) is 8.46. The van der Waals surface area contributed by atoms with Crippen LogP contribution >= 0.6 is 0 Å². The minimum atomic E-state index is -3.68. The highest BCUT2D eigenvalue weighted by atomic mass is 19.3. The molecule has 0 spiro atoms.